The second kappa shape index (κ2) is 7.47. The number of quaternary nitrogens is 1. The first kappa shape index (κ1) is 16.5. The monoisotopic (exact) mass is 322 g/mol. The molecule has 3 rings (SSSR count). The summed E-state index contributed by atoms with van der Waals surface area (Å²) >= 11 is 0. The second-order valence-electron chi connectivity index (χ2n) is 6.20. The van der Waals surface area contributed by atoms with Gasteiger partial charge < -0.3 is 14.8 Å². The van der Waals surface area contributed by atoms with Crippen molar-refractivity contribution in [1.82, 2.24) is 0 Å². The van der Waals surface area contributed by atoms with Crippen LogP contribution in [0.15, 0.2) is 71.1 Å². The van der Waals surface area contributed by atoms with Crippen LogP contribution < -0.4 is 5.32 Å². The lowest BCUT2D eigenvalue weighted by Crippen LogP contribution is -2.82. The van der Waals surface area contributed by atoms with Crippen LogP contribution in [-0.2, 0) is 6.54 Å². The third-order valence-corrected chi connectivity index (χ3v) is 4.34. The fourth-order valence-electron chi connectivity index (χ4n) is 2.75. The zero-order chi connectivity index (χ0) is 16.9. The van der Waals surface area contributed by atoms with Crippen LogP contribution >= 0.6 is 0 Å². The zero-order valence-electron chi connectivity index (χ0n) is 14.1. The lowest BCUT2D eigenvalue weighted by molar-refractivity contribution is -0.709. The molecule has 0 unspecified atom stereocenters. The molecule has 1 aromatic heterocycles. The van der Waals surface area contributed by atoms with Gasteiger partial charge in [0.1, 0.15) is 18.3 Å². The fourth-order valence-corrected chi connectivity index (χ4v) is 2.75. The number of nitrogens with two attached hydrogens (primary N) is 1. The number of aliphatic hydroxyl groups excluding tert-OH is 1. The first-order chi connectivity index (χ1) is 11.6. The third-order valence-electron chi connectivity index (χ3n) is 4.34. The summed E-state index contributed by atoms with van der Waals surface area (Å²) in [7, 11) is 0. The summed E-state index contributed by atoms with van der Waals surface area (Å²) < 4.78 is 5.96. The molecule has 3 nitrogen and oxygen atoms in total. The molecule has 0 aliphatic heterocycles. The van der Waals surface area contributed by atoms with Crippen LogP contribution in [0.3, 0.4) is 0 Å². The van der Waals surface area contributed by atoms with E-state index in [1.807, 2.05) is 42.5 Å². The van der Waals surface area contributed by atoms with Gasteiger partial charge in [-0.05, 0) is 31.5 Å². The molecule has 24 heavy (non-hydrogen) atoms. The molecule has 0 saturated heterocycles. The van der Waals surface area contributed by atoms with Crippen LogP contribution in [0.5, 0.6) is 0 Å². The van der Waals surface area contributed by atoms with Gasteiger partial charge in [0.2, 0.25) is 0 Å². The molecule has 0 aliphatic rings. The molecule has 0 fully saturated rings. The number of aliphatic hydroxyl groups is 1. The number of rotatable bonds is 6. The molecular weight excluding hydrogens is 298 g/mol. The highest BCUT2D eigenvalue weighted by Crippen LogP contribution is 2.24. The maximum atomic E-state index is 9.58. The quantitative estimate of drug-likeness (QED) is 0.725. The van der Waals surface area contributed by atoms with Crippen LogP contribution in [0, 0.1) is 0 Å². The summed E-state index contributed by atoms with van der Waals surface area (Å²) in [6.07, 6.45) is -0.444. The van der Waals surface area contributed by atoms with Gasteiger partial charge in [-0.15, -0.1) is 0 Å². The van der Waals surface area contributed by atoms with E-state index in [0.717, 1.165) is 29.2 Å². The minimum absolute atomic E-state index is 0.394. The molecule has 1 heterocycles. The molecule has 2 atom stereocenters. The summed E-state index contributed by atoms with van der Waals surface area (Å²) in [6, 6.07) is 22.8. The molecule has 124 valence electrons. The van der Waals surface area contributed by atoms with Crippen LogP contribution in [0.25, 0.3) is 11.3 Å². The Morgan fingerprint density at radius 2 is 1.58 bits per heavy atom. The average Bonchev–Trinajstić information content (AvgIpc) is 3.09. The van der Waals surface area contributed by atoms with Crippen molar-refractivity contribution in [3.63, 3.8) is 0 Å². The molecule has 0 aliphatic carbocycles. The lowest BCUT2D eigenvalue weighted by atomic mass is 10.1. The van der Waals surface area contributed by atoms with Gasteiger partial charge in [-0.2, -0.15) is 0 Å². The van der Waals surface area contributed by atoms with Crippen molar-refractivity contribution in [2.24, 2.45) is 0 Å². The van der Waals surface area contributed by atoms with Crippen LogP contribution in [0.4, 0.5) is 0 Å². The molecule has 3 heteroatoms. The van der Waals surface area contributed by atoms with Gasteiger partial charge >= 0.3 is 0 Å². The van der Waals surface area contributed by atoms with Crippen molar-refractivity contribution < 1.29 is 14.8 Å². The van der Waals surface area contributed by atoms with Crippen LogP contribution in [-0.4, -0.2) is 5.11 Å². The normalized spacial score (nSPS) is 13.6. The molecular formula is C21H24NO2+. The SMILES string of the molecule is C[C@H](O)c1ccc(-c2ccc(C[NH2+][C@H](C)c3ccccc3)o2)cc1. The summed E-state index contributed by atoms with van der Waals surface area (Å²) in [5.41, 5.74) is 3.26. The van der Waals surface area contributed by atoms with E-state index >= 15 is 0 Å². The minimum atomic E-state index is -0.444. The predicted octanol–water partition coefficient (Wildman–Crippen LogP) is 3.82. The van der Waals surface area contributed by atoms with Crippen molar-refractivity contribution in [3.8, 4) is 11.3 Å². The van der Waals surface area contributed by atoms with E-state index < -0.39 is 6.10 Å². The fraction of sp³-hybridized carbons (Fsp3) is 0.238. The number of hydrogen-bond donors (Lipinski definition) is 2. The number of benzene rings is 2. The Kier molecular flexibility index (Phi) is 5.14. The summed E-state index contributed by atoms with van der Waals surface area (Å²) in [4.78, 5) is 0. The van der Waals surface area contributed by atoms with Gasteiger partial charge in [0.25, 0.3) is 0 Å². The highest BCUT2D eigenvalue weighted by Gasteiger charge is 2.11. The van der Waals surface area contributed by atoms with Gasteiger partial charge in [0.05, 0.1) is 6.10 Å². The largest absolute Gasteiger partial charge is 0.455 e. The highest BCUT2D eigenvalue weighted by atomic mass is 16.3. The van der Waals surface area contributed by atoms with Crippen LogP contribution in [0.2, 0.25) is 0 Å². The van der Waals surface area contributed by atoms with Crippen molar-refractivity contribution in [2.45, 2.75) is 32.5 Å². The standard InChI is InChI=1S/C21H23NO2/c1-15(17-6-4-3-5-7-17)22-14-20-12-13-21(24-20)19-10-8-18(9-11-19)16(2)23/h3-13,15-16,22-23H,14H2,1-2H3/p+1/t15-,16+/m1/s1. The molecule has 0 radical (unpaired) electrons. The second-order valence-corrected chi connectivity index (χ2v) is 6.20. The van der Waals surface area contributed by atoms with E-state index in [1.54, 1.807) is 6.92 Å². The maximum Gasteiger partial charge on any atom is 0.158 e. The zero-order valence-corrected chi connectivity index (χ0v) is 14.1. The molecule has 3 N–H and O–H groups in total. The topological polar surface area (TPSA) is 50.0 Å². The average molecular weight is 322 g/mol. The number of furan rings is 1. The molecule has 0 saturated carbocycles. The predicted molar refractivity (Wildman–Crippen MR) is 95.3 cm³/mol. The lowest BCUT2D eigenvalue weighted by Gasteiger charge is -2.09. The first-order valence-electron chi connectivity index (χ1n) is 8.39. The summed E-state index contributed by atoms with van der Waals surface area (Å²) in [5, 5.41) is 11.8. The Morgan fingerprint density at radius 1 is 0.875 bits per heavy atom. The smallest absolute Gasteiger partial charge is 0.158 e. The molecule has 0 spiro atoms. The third kappa shape index (κ3) is 3.94. The van der Waals surface area contributed by atoms with Crippen molar-refractivity contribution in [1.29, 1.82) is 0 Å². The van der Waals surface area contributed by atoms with Gasteiger partial charge in [-0.25, -0.2) is 0 Å². The Labute approximate surface area is 143 Å². The van der Waals surface area contributed by atoms with Crippen molar-refractivity contribution in [2.75, 3.05) is 0 Å². The van der Waals surface area contributed by atoms with Gasteiger partial charge in [0, 0.05) is 11.1 Å². The minimum Gasteiger partial charge on any atom is -0.455 e. The Bertz CT molecular complexity index is 760. The van der Waals surface area contributed by atoms with Crippen molar-refractivity contribution in [3.05, 3.63) is 83.6 Å². The summed E-state index contributed by atoms with van der Waals surface area (Å²) in [5.74, 6) is 1.83. The van der Waals surface area contributed by atoms with E-state index in [-0.39, 0.29) is 0 Å². The van der Waals surface area contributed by atoms with E-state index in [4.69, 9.17) is 4.42 Å². The van der Waals surface area contributed by atoms with Gasteiger partial charge in [0.15, 0.2) is 5.76 Å². The van der Waals surface area contributed by atoms with Crippen LogP contribution in [0.1, 0.15) is 42.9 Å². The van der Waals surface area contributed by atoms with E-state index in [1.165, 1.54) is 5.56 Å². The summed E-state index contributed by atoms with van der Waals surface area (Å²) in [6.45, 7) is 4.78. The highest BCUT2D eigenvalue weighted by molar-refractivity contribution is 5.58. The van der Waals surface area contributed by atoms with E-state index in [2.05, 4.69) is 36.5 Å². The maximum absolute atomic E-state index is 9.58. The molecule has 0 amide bonds. The Morgan fingerprint density at radius 3 is 2.25 bits per heavy atom. The van der Waals surface area contributed by atoms with Gasteiger partial charge in [-0.1, -0.05) is 54.6 Å². The number of hydrogen-bond acceptors (Lipinski definition) is 2. The molecule has 3 aromatic rings. The molecule has 2 aromatic carbocycles. The molecule has 0 bridgehead atoms. The Balaban J connectivity index is 1.63. The van der Waals surface area contributed by atoms with Gasteiger partial charge in [-0.3, -0.25) is 0 Å². The Hall–Kier alpha value is -2.36. The van der Waals surface area contributed by atoms with E-state index in [0.29, 0.717) is 6.04 Å². The van der Waals surface area contributed by atoms with E-state index in [9.17, 15) is 5.11 Å². The first-order valence-corrected chi connectivity index (χ1v) is 8.39. The van der Waals surface area contributed by atoms with Crippen molar-refractivity contribution >= 4 is 0 Å².